The van der Waals surface area contributed by atoms with E-state index < -0.39 is 11.7 Å². The van der Waals surface area contributed by atoms with Gasteiger partial charge in [0.25, 0.3) is 0 Å². The van der Waals surface area contributed by atoms with E-state index in [1.54, 1.807) is 6.07 Å². The lowest BCUT2D eigenvalue weighted by molar-refractivity contribution is -0.137. The molecule has 0 radical (unpaired) electrons. The second-order valence-corrected chi connectivity index (χ2v) is 18.1. The second kappa shape index (κ2) is 14.6. The van der Waals surface area contributed by atoms with Crippen LogP contribution in [0.25, 0.3) is 121 Å². The van der Waals surface area contributed by atoms with Crippen LogP contribution in [-0.4, -0.2) is 18.3 Å². The summed E-state index contributed by atoms with van der Waals surface area (Å²) >= 11 is 0. The lowest BCUT2D eigenvalue weighted by Crippen LogP contribution is -2.08. The highest BCUT2D eigenvalue weighted by molar-refractivity contribution is 6.15. The van der Waals surface area contributed by atoms with Crippen LogP contribution >= 0.6 is 0 Å². The van der Waals surface area contributed by atoms with Crippen molar-refractivity contribution < 1.29 is 13.2 Å². The van der Waals surface area contributed by atoms with Crippen LogP contribution in [0.15, 0.2) is 218 Å². The summed E-state index contributed by atoms with van der Waals surface area (Å²) < 4.78 is 54.2. The van der Waals surface area contributed by atoms with E-state index in [1.165, 1.54) is 33.7 Å². The Labute approximate surface area is 393 Å². The number of fused-ring (bicyclic) bond motifs is 12. The van der Waals surface area contributed by atoms with E-state index in [-0.39, 0.29) is 0 Å². The van der Waals surface area contributed by atoms with E-state index in [0.29, 0.717) is 16.8 Å². The molecule has 0 aliphatic rings. The molecule has 0 amide bonds. The summed E-state index contributed by atoms with van der Waals surface area (Å²) in [5.74, 6) is 0. The molecule has 0 bridgehead atoms. The zero-order chi connectivity index (χ0) is 46.1. The van der Waals surface area contributed by atoms with Crippen LogP contribution < -0.4 is 0 Å². The minimum Gasteiger partial charge on any atom is -0.309 e. The molecule has 0 atom stereocenters. The van der Waals surface area contributed by atoms with Gasteiger partial charge in [0.15, 0.2) is 0 Å². The molecule has 0 unspecified atom stereocenters. The number of halogens is 3. The third kappa shape index (κ3) is 5.77. The SMILES string of the molecule is Cc1ccc(-n2c3ccccc3c3cc(-n4c5ccccc5c5ccccc54)ccc32)c(-c2cc(C(F)(F)F)ccc2-n2c3ccccc3c3cc(-n4c5ccccc5c5ccccc54)ccc32)c1. The topological polar surface area (TPSA) is 19.7 Å². The standard InChI is InChI=1S/C62H39F3N4/c1-38-26-30-58(68-56-24-12-6-18-46(56)50-36-40(28-32-60(50)68)66-52-20-8-2-14-42(52)43-15-3-9-21-53(43)66)48(34-38)49-35-39(62(63,64)65)27-31-59(49)69-57-25-13-7-19-47(57)51-37-41(29-33-61(51)69)67-54-22-10-4-16-44(54)45-17-5-11-23-55(45)67/h2-37H,1H3. The highest BCUT2D eigenvalue weighted by atomic mass is 19.4. The molecule has 0 saturated carbocycles. The summed E-state index contributed by atoms with van der Waals surface area (Å²) in [5.41, 5.74) is 13.0. The minimum atomic E-state index is -4.58. The number of benzene rings is 10. The zero-order valence-electron chi connectivity index (χ0n) is 37.2. The second-order valence-electron chi connectivity index (χ2n) is 18.1. The van der Waals surface area contributed by atoms with Crippen LogP contribution in [0, 0.1) is 6.92 Å². The van der Waals surface area contributed by atoms with E-state index in [1.807, 2.05) is 31.2 Å². The highest BCUT2D eigenvalue weighted by Crippen LogP contribution is 2.45. The lowest BCUT2D eigenvalue weighted by atomic mass is 9.96. The van der Waals surface area contributed by atoms with Crippen molar-refractivity contribution in [1.82, 2.24) is 18.3 Å². The number of aromatic nitrogens is 4. The first kappa shape index (κ1) is 39.4. The first-order valence-electron chi connectivity index (χ1n) is 23.2. The van der Waals surface area contributed by atoms with Crippen LogP contribution in [-0.2, 0) is 6.18 Å². The Morgan fingerprint density at radius 2 is 0.609 bits per heavy atom. The van der Waals surface area contributed by atoms with Crippen LogP contribution in [0.4, 0.5) is 13.2 Å². The summed E-state index contributed by atoms with van der Waals surface area (Å²) in [7, 11) is 0. The van der Waals surface area contributed by atoms with Crippen molar-refractivity contribution >= 4 is 87.2 Å². The maximum Gasteiger partial charge on any atom is 0.416 e. The predicted octanol–water partition coefficient (Wildman–Crippen LogP) is 17.1. The number of hydrogen-bond acceptors (Lipinski definition) is 0. The molecule has 4 nitrogen and oxygen atoms in total. The Hall–Kier alpha value is -8.81. The van der Waals surface area contributed by atoms with Crippen molar-refractivity contribution in [2.24, 2.45) is 0 Å². The maximum absolute atomic E-state index is 15.1. The molecule has 0 fully saturated rings. The molecule has 328 valence electrons. The molecule has 14 aromatic rings. The highest BCUT2D eigenvalue weighted by Gasteiger charge is 2.32. The van der Waals surface area contributed by atoms with Crippen molar-refractivity contribution in [1.29, 1.82) is 0 Å². The maximum atomic E-state index is 15.1. The lowest BCUT2D eigenvalue weighted by Gasteiger charge is -2.21. The van der Waals surface area contributed by atoms with Gasteiger partial charge in [0.2, 0.25) is 0 Å². The van der Waals surface area contributed by atoms with Gasteiger partial charge in [0.05, 0.1) is 61.1 Å². The summed E-state index contributed by atoms with van der Waals surface area (Å²) in [6.45, 7) is 2.00. The van der Waals surface area contributed by atoms with Gasteiger partial charge in [-0.1, -0.05) is 121 Å². The van der Waals surface area contributed by atoms with Crippen molar-refractivity contribution in [3.63, 3.8) is 0 Å². The molecule has 14 rings (SSSR count). The van der Waals surface area contributed by atoms with Crippen molar-refractivity contribution in [2.45, 2.75) is 13.1 Å². The molecular formula is C62H39F3N4. The Kier molecular flexibility index (Phi) is 8.33. The molecule has 69 heavy (non-hydrogen) atoms. The van der Waals surface area contributed by atoms with Gasteiger partial charge in [-0.15, -0.1) is 0 Å². The fourth-order valence-electron chi connectivity index (χ4n) is 11.3. The van der Waals surface area contributed by atoms with E-state index in [4.69, 9.17) is 0 Å². The average molecular weight is 897 g/mol. The van der Waals surface area contributed by atoms with Gasteiger partial charge in [-0.05, 0) is 110 Å². The Morgan fingerprint density at radius 3 is 1.00 bits per heavy atom. The average Bonchev–Trinajstić information content (AvgIpc) is 4.11. The third-order valence-corrected chi connectivity index (χ3v) is 14.2. The molecule has 0 spiro atoms. The van der Waals surface area contributed by atoms with Crippen molar-refractivity contribution in [2.75, 3.05) is 0 Å². The molecule has 4 heterocycles. The number of hydrogen-bond donors (Lipinski definition) is 0. The van der Waals surface area contributed by atoms with E-state index in [0.717, 1.165) is 88.3 Å². The Balaban J connectivity index is 1.02. The summed E-state index contributed by atoms with van der Waals surface area (Å²) in [5, 5.41) is 8.81. The quantitative estimate of drug-likeness (QED) is 0.164. The number of aryl methyl sites for hydroxylation is 1. The summed E-state index contributed by atoms with van der Waals surface area (Å²) in [6.07, 6.45) is -4.58. The molecular weight excluding hydrogens is 858 g/mol. The van der Waals surface area contributed by atoms with Gasteiger partial charge >= 0.3 is 6.18 Å². The monoisotopic (exact) mass is 896 g/mol. The molecule has 10 aromatic carbocycles. The number of alkyl halides is 3. The van der Waals surface area contributed by atoms with Crippen molar-refractivity contribution in [3.8, 4) is 33.9 Å². The molecule has 0 saturated heterocycles. The third-order valence-electron chi connectivity index (χ3n) is 14.2. The molecule has 0 aliphatic heterocycles. The van der Waals surface area contributed by atoms with E-state index in [2.05, 4.69) is 194 Å². The predicted molar refractivity (Wildman–Crippen MR) is 279 cm³/mol. The number of para-hydroxylation sites is 6. The molecule has 0 N–H and O–H groups in total. The Morgan fingerprint density at radius 1 is 0.290 bits per heavy atom. The summed E-state index contributed by atoms with van der Waals surface area (Å²) in [4.78, 5) is 0. The Bertz CT molecular complexity index is 4340. The van der Waals surface area contributed by atoms with E-state index >= 15 is 13.2 Å². The number of nitrogens with zero attached hydrogens (tertiary/aromatic N) is 4. The van der Waals surface area contributed by atoms with Gasteiger partial charge < -0.3 is 18.3 Å². The van der Waals surface area contributed by atoms with Crippen LogP contribution in [0.1, 0.15) is 11.1 Å². The van der Waals surface area contributed by atoms with Gasteiger partial charge in [-0.2, -0.15) is 13.2 Å². The largest absolute Gasteiger partial charge is 0.416 e. The normalized spacial score (nSPS) is 12.3. The smallest absolute Gasteiger partial charge is 0.309 e. The van der Waals surface area contributed by atoms with Gasteiger partial charge in [0, 0.05) is 65.6 Å². The number of rotatable bonds is 5. The fourth-order valence-corrected chi connectivity index (χ4v) is 11.3. The van der Waals surface area contributed by atoms with Gasteiger partial charge in [-0.3, -0.25) is 0 Å². The van der Waals surface area contributed by atoms with Crippen LogP contribution in [0.3, 0.4) is 0 Å². The molecule has 4 aromatic heterocycles. The molecule has 0 aliphatic carbocycles. The van der Waals surface area contributed by atoms with E-state index in [9.17, 15) is 0 Å². The molecule has 7 heteroatoms. The first-order chi connectivity index (χ1) is 33.8. The minimum absolute atomic E-state index is 0.477. The fraction of sp³-hybridized carbons (Fsp3) is 0.0323. The zero-order valence-corrected chi connectivity index (χ0v) is 37.2. The summed E-state index contributed by atoms with van der Waals surface area (Å²) in [6, 6.07) is 73.8. The van der Waals surface area contributed by atoms with Crippen LogP contribution in [0.2, 0.25) is 0 Å². The van der Waals surface area contributed by atoms with Crippen LogP contribution in [0.5, 0.6) is 0 Å². The van der Waals surface area contributed by atoms with Crippen molar-refractivity contribution in [3.05, 3.63) is 230 Å². The van der Waals surface area contributed by atoms with Gasteiger partial charge in [-0.25, -0.2) is 0 Å². The van der Waals surface area contributed by atoms with Gasteiger partial charge in [0.1, 0.15) is 0 Å². The first-order valence-corrected chi connectivity index (χ1v) is 23.2.